The Hall–Kier alpha value is -2.33. The maximum absolute atomic E-state index is 4.73. The van der Waals surface area contributed by atoms with E-state index in [4.69, 9.17) is 4.98 Å². The summed E-state index contributed by atoms with van der Waals surface area (Å²) in [5.41, 5.74) is 5.89. The van der Waals surface area contributed by atoms with Gasteiger partial charge >= 0.3 is 0 Å². The molecule has 1 aliphatic heterocycles. The number of fused-ring (bicyclic) bond motifs is 1. The van der Waals surface area contributed by atoms with Crippen LogP contribution in [0.15, 0.2) is 59.2 Å². The molecule has 0 bridgehead atoms. The van der Waals surface area contributed by atoms with Crippen molar-refractivity contribution in [3.63, 3.8) is 0 Å². The molecule has 0 aliphatic carbocycles. The van der Waals surface area contributed by atoms with E-state index in [-0.39, 0.29) is 0 Å². The summed E-state index contributed by atoms with van der Waals surface area (Å²) >= 11 is 3.48. The molecular weight excluding hydrogens is 362 g/mol. The number of aromatic nitrogens is 2. The molecule has 1 aromatic heterocycles. The van der Waals surface area contributed by atoms with Gasteiger partial charge < -0.3 is 9.88 Å². The standard InChI is InChI=1S/C20H18BrN3/c1-14-2-6-16(7-3-14)20-22-18-10-11-24(13-19(18)23-20)12-15-4-8-17(21)9-5-15/h2-11H,12-13H2,1H3,(H,22,23). The van der Waals surface area contributed by atoms with Crippen molar-refractivity contribution in [2.75, 3.05) is 0 Å². The number of hydrogen-bond donors (Lipinski definition) is 1. The van der Waals surface area contributed by atoms with E-state index in [1.54, 1.807) is 0 Å². The lowest BCUT2D eigenvalue weighted by molar-refractivity contribution is 0.355. The van der Waals surface area contributed by atoms with Gasteiger partial charge in [-0.1, -0.05) is 57.9 Å². The Morgan fingerprint density at radius 2 is 1.83 bits per heavy atom. The van der Waals surface area contributed by atoms with Crippen molar-refractivity contribution in [3.05, 3.63) is 81.7 Å². The van der Waals surface area contributed by atoms with Crippen LogP contribution in [0.3, 0.4) is 0 Å². The molecule has 0 saturated carbocycles. The first-order chi connectivity index (χ1) is 11.7. The third-order valence-corrected chi connectivity index (χ3v) is 4.77. The second-order valence-electron chi connectivity index (χ2n) is 6.16. The number of rotatable bonds is 3. The van der Waals surface area contributed by atoms with Crippen LogP contribution in [0.2, 0.25) is 0 Å². The SMILES string of the molecule is Cc1ccc(-c2nc3c([nH]2)CN(Cc2ccc(Br)cc2)C=C3)cc1. The molecule has 3 nitrogen and oxygen atoms in total. The van der Waals surface area contributed by atoms with Gasteiger partial charge in [-0.2, -0.15) is 0 Å². The van der Waals surface area contributed by atoms with E-state index in [9.17, 15) is 0 Å². The molecule has 24 heavy (non-hydrogen) atoms. The van der Waals surface area contributed by atoms with Crippen LogP contribution in [0.4, 0.5) is 0 Å². The van der Waals surface area contributed by atoms with Gasteiger partial charge in [-0.25, -0.2) is 4.98 Å². The van der Waals surface area contributed by atoms with Crippen molar-refractivity contribution in [3.8, 4) is 11.4 Å². The molecule has 2 heterocycles. The number of imidazole rings is 1. The van der Waals surface area contributed by atoms with Crippen LogP contribution in [0.5, 0.6) is 0 Å². The molecule has 0 spiro atoms. The molecule has 120 valence electrons. The molecule has 0 atom stereocenters. The number of halogens is 1. The number of aromatic amines is 1. The van der Waals surface area contributed by atoms with E-state index in [1.807, 2.05) is 0 Å². The van der Waals surface area contributed by atoms with Gasteiger partial charge in [-0.3, -0.25) is 0 Å². The summed E-state index contributed by atoms with van der Waals surface area (Å²) in [4.78, 5) is 10.5. The highest BCUT2D eigenvalue weighted by atomic mass is 79.9. The van der Waals surface area contributed by atoms with E-state index in [2.05, 4.69) is 93.5 Å². The summed E-state index contributed by atoms with van der Waals surface area (Å²) in [5, 5.41) is 0. The van der Waals surface area contributed by atoms with Crippen LogP contribution >= 0.6 is 15.9 Å². The number of nitrogens with one attached hydrogen (secondary N) is 1. The Balaban J connectivity index is 1.52. The van der Waals surface area contributed by atoms with Crippen LogP contribution in [-0.2, 0) is 13.1 Å². The van der Waals surface area contributed by atoms with Crippen molar-refractivity contribution >= 4 is 22.0 Å². The zero-order valence-corrected chi connectivity index (χ0v) is 15.0. The fourth-order valence-corrected chi connectivity index (χ4v) is 3.16. The third kappa shape index (κ3) is 3.15. The minimum absolute atomic E-state index is 0.848. The monoisotopic (exact) mass is 379 g/mol. The van der Waals surface area contributed by atoms with Gasteiger partial charge in [0.05, 0.1) is 17.9 Å². The average molecular weight is 380 g/mol. The highest BCUT2D eigenvalue weighted by Crippen LogP contribution is 2.24. The summed E-state index contributed by atoms with van der Waals surface area (Å²) in [6, 6.07) is 16.9. The summed E-state index contributed by atoms with van der Waals surface area (Å²) < 4.78 is 1.11. The van der Waals surface area contributed by atoms with Crippen LogP contribution < -0.4 is 0 Å². The Bertz CT molecular complexity index is 876. The third-order valence-electron chi connectivity index (χ3n) is 4.24. The van der Waals surface area contributed by atoms with Crippen molar-refractivity contribution in [2.24, 2.45) is 0 Å². The molecule has 4 rings (SSSR count). The van der Waals surface area contributed by atoms with E-state index < -0.39 is 0 Å². The molecule has 0 fully saturated rings. The summed E-state index contributed by atoms with van der Waals surface area (Å²) in [6.07, 6.45) is 4.22. The van der Waals surface area contributed by atoms with E-state index >= 15 is 0 Å². The number of benzene rings is 2. The molecule has 1 N–H and O–H groups in total. The van der Waals surface area contributed by atoms with E-state index in [0.29, 0.717) is 0 Å². The molecule has 0 unspecified atom stereocenters. The van der Waals surface area contributed by atoms with Gasteiger partial charge in [0.2, 0.25) is 0 Å². The molecule has 0 saturated heterocycles. The van der Waals surface area contributed by atoms with Crippen molar-refractivity contribution < 1.29 is 0 Å². The maximum atomic E-state index is 4.73. The Morgan fingerprint density at radius 1 is 1.08 bits per heavy atom. The summed E-state index contributed by atoms with van der Waals surface area (Å²) in [6.45, 7) is 3.84. The normalized spacial score (nSPS) is 13.2. The predicted octanol–water partition coefficient (Wildman–Crippen LogP) is 5.13. The number of nitrogens with zero attached hydrogens (tertiary/aromatic N) is 2. The molecule has 4 heteroatoms. The van der Waals surface area contributed by atoms with E-state index in [0.717, 1.165) is 34.6 Å². The maximum Gasteiger partial charge on any atom is 0.138 e. The second kappa shape index (κ2) is 6.29. The van der Waals surface area contributed by atoms with Crippen LogP contribution in [-0.4, -0.2) is 14.9 Å². The Kier molecular flexibility index (Phi) is 3.98. The van der Waals surface area contributed by atoms with Crippen LogP contribution in [0, 0.1) is 6.92 Å². The lowest BCUT2D eigenvalue weighted by atomic mass is 10.1. The van der Waals surface area contributed by atoms with Gasteiger partial charge in [-0.05, 0) is 30.7 Å². The quantitative estimate of drug-likeness (QED) is 0.683. The topological polar surface area (TPSA) is 31.9 Å². The molecular formula is C20H18BrN3. The van der Waals surface area contributed by atoms with Crippen LogP contribution in [0.1, 0.15) is 22.5 Å². The summed E-state index contributed by atoms with van der Waals surface area (Å²) in [7, 11) is 0. The highest BCUT2D eigenvalue weighted by Gasteiger charge is 2.16. The first-order valence-corrected chi connectivity index (χ1v) is 8.79. The molecule has 0 radical (unpaired) electrons. The summed E-state index contributed by atoms with van der Waals surface area (Å²) in [5.74, 6) is 0.940. The number of hydrogen-bond acceptors (Lipinski definition) is 2. The highest BCUT2D eigenvalue weighted by molar-refractivity contribution is 9.10. The van der Waals surface area contributed by atoms with Gasteiger partial charge in [0.1, 0.15) is 5.82 Å². The lowest BCUT2D eigenvalue weighted by Crippen LogP contribution is -2.19. The smallest absolute Gasteiger partial charge is 0.138 e. The first-order valence-electron chi connectivity index (χ1n) is 8.00. The molecule has 0 amide bonds. The van der Waals surface area contributed by atoms with Gasteiger partial charge in [0.25, 0.3) is 0 Å². The van der Waals surface area contributed by atoms with Gasteiger partial charge in [0.15, 0.2) is 0 Å². The second-order valence-corrected chi connectivity index (χ2v) is 7.08. The zero-order valence-electron chi connectivity index (χ0n) is 13.5. The molecule has 3 aromatic rings. The van der Waals surface area contributed by atoms with Gasteiger partial charge in [-0.15, -0.1) is 0 Å². The van der Waals surface area contributed by atoms with Crippen molar-refractivity contribution in [1.29, 1.82) is 0 Å². The fourth-order valence-electron chi connectivity index (χ4n) is 2.89. The Morgan fingerprint density at radius 3 is 2.58 bits per heavy atom. The number of H-pyrrole nitrogens is 1. The minimum atomic E-state index is 0.848. The van der Waals surface area contributed by atoms with E-state index in [1.165, 1.54) is 16.8 Å². The first kappa shape index (κ1) is 15.2. The minimum Gasteiger partial charge on any atom is -0.367 e. The van der Waals surface area contributed by atoms with Crippen LogP contribution in [0.25, 0.3) is 17.5 Å². The average Bonchev–Trinajstić information content (AvgIpc) is 3.01. The largest absolute Gasteiger partial charge is 0.367 e. The number of aryl methyl sites for hydroxylation is 1. The van der Waals surface area contributed by atoms with Gasteiger partial charge in [0, 0.05) is 22.8 Å². The molecule has 2 aromatic carbocycles. The Labute approximate surface area is 150 Å². The zero-order chi connectivity index (χ0) is 16.5. The fraction of sp³-hybridized carbons (Fsp3) is 0.150. The van der Waals surface area contributed by atoms with Crippen molar-refractivity contribution in [1.82, 2.24) is 14.9 Å². The lowest BCUT2D eigenvalue weighted by Gasteiger charge is -2.23. The predicted molar refractivity (Wildman–Crippen MR) is 101 cm³/mol. The van der Waals surface area contributed by atoms with Crippen molar-refractivity contribution in [2.45, 2.75) is 20.0 Å². The molecule has 1 aliphatic rings.